The highest BCUT2D eigenvalue weighted by molar-refractivity contribution is 5.84. The second kappa shape index (κ2) is 9.31. The number of fused-ring (bicyclic) bond motifs is 5. The average Bonchev–Trinajstić information content (AvgIpc) is 3.43. The first-order valence-corrected chi connectivity index (χ1v) is 14.4. The molecular formula is C29H47NO5. The van der Waals surface area contributed by atoms with E-state index in [0.717, 1.165) is 38.5 Å². The monoisotopic (exact) mass is 489 g/mol. The van der Waals surface area contributed by atoms with Gasteiger partial charge in [0.05, 0.1) is 12.2 Å². The van der Waals surface area contributed by atoms with E-state index in [2.05, 4.69) is 20.8 Å². The van der Waals surface area contributed by atoms with E-state index >= 15 is 0 Å². The molecule has 5 rings (SSSR count). The van der Waals surface area contributed by atoms with Crippen molar-refractivity contribution in [2.24, 2.45) is 46.3 Å². The molecule has 1 amide bonds. The van der Waals surface area contributed by atoms with Crippen LogP contribution in [0.3, 0.4) is 0 Å². The highest BCUT2D eigenvalue weighted by Gasteiger charge is 2.62. The summed E-state index contributed by atoms with van der Waals surface area (Å²) >= 11 is 0. The van der Waals surface area contributed by atoms with E-state index in [9.17, 15) is 24.9 Å². The minimum absolute atomic E-state index is 0.00585. The topological polar surface area (TPSA) is 98.1 Å². The lowest BCUT2D eigenvalue weighted by atomic mass is 9.43. The summed E-state index contributed by atoms with van der Waals surface area (Å²) in [4.78, 5) is 26.0. The molecule has 3 N–H and O–H groups in total. The van der Waals surface area contributed by atoms with Gasteiger partial charge in [0.15, 0.2) is 0 Å². The first kappa shape index (κ1) is 25.5. The summed E-state index contributed by atoms with van der Waals surface area (Å²) in [5, 5.41) is 31.2. The molecular weight excluding hydrogens is 442 g/mol. The Labute approximate surface area is 210 Å². The highest BCUT2D eigenvalue weighted by Crippen LogP contribution is 2.68. The summed E-state index contributed by atoms with van der Waals surface area (Å²) in [5.41, 5.74) is 0.455. The third-order valence-electron chi connectivity index (χ3n) is 12.1. The van der Waals surface area contributed by atoms with Crippen molar-refractivity contribution >= 4 is 11.9 Å². The Morgan fingerprint density at radius 3 is 2.43 bits per heavy atom. The number of hydrogen-bond acceptors (Lipinski definition) is 4. The summed E-state index contributed by atoms with van der Waals surface area (Å²) in [7, 11) is 0. The predicted molar refractivity (Wildman–Crippen MR) is 133 cm³/mol. The van der Waals surface area contributed by atoms with Gasteiger partial charge in [-0.3, -0.25) is 4.79 Å². The lowest BCUT2D eigenvalue weighted by molar-refractivity contribution is -0.174. The number of aliphatic hydroxyl groups excluding tert-OH is 2. The largest absolute Gasteiger partial charge is 0.480 e. The number of nitrogens with zero attached hydrogens (tertiary/aromatic N) is 1. The van der Waals surface area contributed by atoms with Gasteiger partial charge in [0.1, 0.15) is 6.04 Å². The fourth-order valence-electron chi connectivity index (χ4n) is 10.2. The van der Waals surface area contributed by atoms with Crippen molar-refractivity contribution in [2.45, 2.75) is 116 Å². The van der Waals surface area contributed by atoms with Crippen LogP contribution in [0.15, 0.2) is 0 Å². The number of likely N-dealkylation sites (tertiary alicyclic amines) is 1. The lowest BCUT2D eigenvalue weighted by Crippen LogP contribution is -2.58. The third kappa shape index (κ3) is 4.15. The molecule has 0 bridgehead atoms. The maximum atomic E-state index is 12.9. The molecule has 1 saturated heterocycles. The maximum absolute atomic E-state index is 12.9. The Kier molecular flexibility index (Phi) is 6.78. The van der Waals surface area contributed by atoms with Gasteiger partial charge >= 0.3 is 5.97 Å². The molecule has 0 aromatic carbocycles. The number of amides is 1. The molecule has 1 heterocycles. The number of aliphatic hydroxyl groups is 2. The fourth-order valence-corrected chi connectivity index (χ4v) is 10.2. The van der Waals surface area contributed by atoms with Crippen molar-refractivity contribution in [3.05, 3.63) is 0 Å². The van der Waals surface area contributed by atoms with Gasteiger partial charge in [0.2, 0.25) is 5.91 Å². The van der Waals surface area contributed by atoms with Gasteiger partial charge in [0.25, 0.3) is 0 Å². The maximum Gasteiger partial charge on any atom is 0.326 e. The van der Waals surface area contributed by atoms with Gasteiger partial charge in [0, 0.05) is 13.0 Å². The molecule has 0 radical (unpaired) electrons. The first-order valence-electron chi connectivity index (χ1n) is 14.4. The summed E-state index contributed by atoms with van der Waals surface area (Å²) in [5.74, 6) is 2.01. The van der Waals surface area contributed by atoms with E-state index in [1.54, 1.807) is 4.90 Å². The van der Waals surface area contributed by atoms with E-state index in [0.29, 0.717) is 54.9 Å². The molecule has 4 saturated carbocycles. The quantitative estimate of drug-likeness (QED) is 0.529. The standard InChI is InChI=1S/C29H47NO5/c1-17(6-9-25(33)30-14-4-5-23(30)27(34)35)20-7-8-21-26-22(11-13-29(20,21)3)28(2)12-10-19(31)15-18(28)16-24(26)32/h17-24,26,31-32H,4-16H2,1-3H3,(H,34,35)/t17?,18-,19-,20-,21?,22?,23-,24?,26?,28+,29-/m1/s1. The first-order chi connectivity index (χ1) is 16.6. The molecule has 5 unspecified atom stereocenters. The smallest absolute Gasteiger partial charge is 0.326 e. The molecule has 0 aromatic heterocycles. The van der Waals surface area contributed by atoms with Crippen LogP contribution in [-0.4, -0.2) is 56.9 Å². The number of rotatable bonds is 5. The van der Waals surface area contributed by atoms with E-state index < -0.39 is 12.0 Å². The second-order valence-corrected chi connectivity index (χ2v) is 13.6. The number of carboxylic acid groups (broad SMARTS) is 1. The molecule has 5 fully saturated rings. The Morgan fingerprint density at radius 2 is 1.69 bits per heavy atom. The molecule has 198 valence electrons. The molecule has 6 heteroatoms. The minimum atomic E-state index is -0.874. The number of carbonyl (C=O) groups is 2. The van der Waals surface area contributed by atoms with Gasteiger partial charge in [-0.2, -0.15) is 0 Å². The van der Waals surface area contributed by atoms with Crippen molar-refractivity contribution < 1.29 is 24.9 Å². The summed E-state index contributed by atoms with van der Waals surface area (Å²) in [6.45, 7) is 7.80. The predicted octanol–water partition coefficient (Wildman–Crippen LogP) is 4.47. The molecule has 5 aliphatic rings. The summed E-state index contributed by atoms with van der Waals surface area (Å²) in [6.07, 6.45) is 10.6. The van der Waals surface area contributed by atoms with Gasteiger partial charge in [-0.25, -0.2) is 4.79 Å². The van der Waals surface area contributed by atoms with E-state index in [1.807, 2.05) is 0 Å². The van der Waals surface area contributed by atoms with Crippen molar-refractivity contribution in [2.75, 3.05) is 6.54 Å². The van der Waals surface area contributed by atoms with E-state index in [-0.39, 0.29) is 28.9 Å². The number of carbonyl (C=O) groups excluding carboxylic acids is 1. The SMILES string of the molecule is CC(CCC(=O)N1CCC[C@@H]1C(=O)O)[C@H]1CCC2C3C(O)C[C@H]4C[C@H](O)CC[C@]4(C)C3CC[C@@]21C. The zero-order chi connectivity index (χ0) is 25.1. The van der Waals surface area contributed by atoms with E-state index in [1.165, 1.54) is 25.7 Å². The van der Waals surface area contributed by atoms with Crippen LogP contribution < -0.4 is 0 Å². The molecule has 0 aromatic rings. The zero-order valence-corrected chi connectivity index (χ0v) is 22.0. The van der Waals surface area contributed by atoms with Crippen LogP contribution in [0.2, 0.25) is 0 Å². The van der Waals surface area contributed by atoms with Crippen LogP contribution in [0.25, 0.3) is 0 Å². The third-order valence-corrected chi connectivity index (χ3v) is 12.1. The summed E-state index contributed by atoms with van der Waals surface area (Å²) < 4.78 is 0. The van der Waals surface area contributed by atoms with Crippen molar-refractivity contribution in [1.29, 1.82) is 0 Å². The van der Waals surface area contributed by atoms with Crippen molar-refractivity contribution in [3.63, 3.8) is 0 Å². The normalized spacial score (nSPS) is 48.1. The fraction of sp³-hybridized carbons (Fsp3) is 0.931. The number of aliphatic carboxylic acids is 1. The lowest BCUT2D eigenvalue weighted by Gasteiger charge is -2.62. The van der Waals surface area contributed by atoms with Crippen molar-refractivity contribution in [1.82, 2.24) is 4.90 Å². The highest BCUT2D eigenvalue weighted by atomic mass is 16.4. The zero-order valence-electron chi connectivity index (χ0n) is 22.0. The Bertz CT molecular complexity index is 832. The van der Waals surface area contributed by atoms with Crippen LogP contribution in [0.4, 0.5) is 0 Å². The number of hydrogen-bond donors (Lipinski definition) is 3. The van der Waals surface area contributed by atoms with Gasteiger partial charge < -0.3 is 20.2 Å². The van der Waals surface area contributed by atoms with Gasteiger partial charge in [-0.1, -0.05) is 20.8 Å². The Balaban J connectivity index is 1.26. The van der Waals surface area contributed by atoms with Crippen LogP contribution in [0, 0.1) is 46.3 Å². The van der Waals surface area contributed by atoms with Crippen LogP contribution >= 0.6 is 0 Å². The number of carboxylic acids is 1. The van der Waals surface area contributed by atoms with Crippen LogP contribution in [-0.2, 0) is 9.59 Å². The van der Waals surface area contributed by atoms with Gasteiger partial charge in [-0.05, 0) is 117 Å². The minimum Gasteiger partial charge on any atom is -0.480 e. The molecule has 0 spiro atoms. The average molecular weight is 490 g/mol. The summed E-state index contributed by atoms with van der Waals surface area (Å²) in [6, 6.07) is -0.639. The van der Waals surface area contributed by atoms with E-state index in [4.69, 9.17) is 0 Å². The molecule has 6 nitrogen and oxygen atoms in total. The Hall–Kier alpha value is -1.14. The van der Waals surface area contributed by atoms with Crippen molar-refractivity contribution in [3.8, 4) is 0 Å². The van der Waals surface area contributed by atoms with Crippen LogP contribution in [0.1, 0.15) is 97.8 Å². The van der Waals surface area contributed by atoms with Gasteiger partial charge in [-0.15, -0.1) is 0 Å². The second-order valence-electron chi connectivity index (χ2n) is 13.6. The molecule has 1 aliphatic heterocycles. The van der Waals surface area contributed by atoms with Crippen LogP contribution in [0.5, 0.6) is 0 Å². The molecule has 11 atom stereocenters. The molecule has 4 aliphatic carbocycles. The molecule has 35 heavy (non-hydrogen) atoms. The Morgan fingerprint density at radius 1 is 0.971 bits per heavy atom.